The van der Waals surface area contributed by atoms with E-state index in [-0.39, 0.29) is 5.69 Å². The molecular weight excluding hydrogens is 255 g/mol. The van der Waals surface area contributed by atoms with Gasteiger partial charge < -0.3 is 4.98 Å². The van der Waals surface area contributed by atoms with Crippen LogP contribution in [0.4, 0.5) is 0 Å². The molecule has 2 rings (SSSR count). The minimum atomic E-state index is -0.370. The first-order chi connectivity index (χ1) is 6.18. The molecule has 0 radical (unpaired) electrons. The molecule has 0 aliphatic carbocycles. The summed E-state index contributed by atoms with van der Waals surface area (Å²) in [5.74, 6) is 0. The van der Waals surface area contributed by atoms with Gasteiger partial charge >= 0.3 is 5.69 Å². The smallest absolute Gasteiger partial charge is 0.305 e. The van der Waals surface area contributed by atoms with Crippen LogP contribution in [0, 0.1) is 0 Å². The average Bonchev–Trinajstić information content (AvgIpc) is 2.12. The lowest BCUT2D eigenvalue weighted by Crippen LogP contribution is -2.08. The summed E-state index contributed by atoms with van der Waals surface area (Å²) in [7, 11) is 0. The number of fused-ring (bicyclic) bond motifs is 1. The molecular formula is C8H4BrClN2O. The Morgan fingerprint density at radius 3 is 3.00 bits per heavy atom. The van der Waals surface area contributed by atoms with Crippen molar-refractivity contribution in [1.82, 2.24) is 9.97 Å². The summed E-state index contributed by atoms with van der Waals surface area (Å²) >= 11 is 9.25. The molecule has 1 N–H and O–H groups in total. The first kappa shape index (κ1) is 8.72. The van der Waals surface area contributed by atoms with Crippen LogP contribution in [0.25, 0.3) is 10.9 Å². The van der Waals surface area contributed by atoms with Crippen LogP contribution < -0.4 is 5.69 Å². The minimum absolute atomic E-state index is 0.370. The Morgan fingerprint density at radius 2 is 2.23 bits per heavy atom. The SMILES string of the molecule is O=c1ncc2c(Cl)c(Br)ccc2[nH]1. The lowest BCUT2D eigenvalue weighted by atomic mass is 10.2. The predicted molar refractivity (Wildman–Crippen MR) is 55.1 cm³/mol. The van der Waals surface area contributed by atoms with Gasteiger partial charge in [-0.25, -0.2) is 9.78 Å². The molecule has 0 spiro atoms. The third-order valence-electron chi connectivity index (χ3n) is 1.69. The van der Waals surface area contributed by atoms with Crippen LogP contribution in [0.2, 0.25) is 5.02 Å². The van der Waals surface area contributed by atoms with E-state index < -0.39 is 0 Å². The molecule has 1 aromatic carbocycles. The van der Waals surface area contributed by atoms with Crippen molar-refractivity contribution in [2.75, 3.05) is 0 Å². The molecule has 0 amide bonds. The van der Waals surface area contributed by atoms with Crippen LogP contribution in [-0.2, 0) is 0 Å². The van der Waals surface area contributed by atoms with E-state index in [1.165, 1.54) is 6.20 Å². The number of hydrogen-bond donors (Lipinski definition) is 1. The Hall–Kier alpha value is -0.870. The highest BCUT2D eigenvalue weighted by molar-refractivity contribution is 9.10. The van der Waals surface area contributed by atoms with E-state index in [9.17, 15) is 4.79 Å². The van der Waals surface area contributed by atoms with Crippen LogP contribution in [-0.4, -0.2) is 9.97 Å². The monoisotopic (exact) mass is 258 g/mol. The number of halogens is 2. The number of hydrogen-bond acceptors (Lipinski definition) is 2. The van der Waals surface area contributed by atoms with Gasteiger partial charge in [-0.3, -0.25) is 0 Å². The largest absolute Gasteiger partial charge is 0.345 e. The Balaban J connectivity index is 2.95. The summed E-state index contributed by atoms with van der Waals surface area (Å²) in [6.45, 7) is 0. The van der Waals surface area contributed by atoms with E-state index in [1.54, 1.807) is 12.1 Å². The van der Waals surface area contributed by atoms with Gasteiger partial charge in [0.05, 0.1) is 10.5 Å². The maximum atomic E-state index is 10.9. The van der Waals surface area contributed by atoms with E-state index in [0.29, 0.717) is 10.5 Å². The van der Waals surface area contributed by atoms with Crippen molar-refractivity contribution in [1.29, 1.82) is 0 Å². The number of nitrogens with one attached hydrogen (secondary N) is 1. The van der Waals surface area contributed by atoms with Gasteiger partial charge in [0.25, 0.3) is 0 Å². The van der Waals surface area contributed by atoms with Gasteiger partial charge in [0, 0.05) is 16.1 Å². The molecule has 2 aromatic rings. The summed E-state index contributed by atoms with van der Waals surface area (Å²) in [4.78, 5) is 17.0. The molecule has 13 heavy (non-hydrogen) atoms. The number of nitrogens with zero attached hydrogens (tertiary/aromatic N) is 1. The van der Waals surface area contributed by atoms with Gasteiger partial charge in [-0.05, 0) is 28.1 Å². The third-order valence-corrected chi connectivity index (χ3v) is 2.98. The second-order valence-electron chi connectivity index (χ2n) is 2.51. The fraction of sp³-hybridized carbons (Fsp3) is 0. The second kappa shape index (κ2) is 3.12. The maximum absolute atomic E-state index is 10.9. The van der Waals surface area contributed by atoms with Crippen LogP contribution in [0.3, 0.4) is 0 Å². The molecule has 5 heteroatoms. The molecule has 0 unspecified atom stereocenters. The topological polar surface area (TPSA) is 45.8 Å². The number of rotatable bonds is 0. The van der Waals surface area contributed by atoms with Gasteiger partial charge in [-0.15, -0.1) is 0 Å². The van der Waals surface area contributed by atoms with Gasteiger partial charge in [0.1, 0.15) is 0 Å². The standard InChI is InChI=1S/C8H4BrClN2O/c9-5-1-2-6-4(7(5)10)3-11-8(13)12-6/h1-3H,(H,11,12,13). The highest BCUT2D eigenvalue weighted by Gasteiger charge is 2.03. The molecule has 0 bridgehead atoms. The molecule has 0 aliphatic heterocycles. The van der Waals surface area contributed by atoms with E-state index in [4.69, 9.17) is 11.6 Å². The highest BCUT2D eigenvalue weighted by Crippen LogP contribution is 2.28. The van der Waals surface area contributed by atoms with Gasteiger partial charge in [0.15, 0.2) is 0 Å². The Morgan fingerprint density at radius 1 is 1.46 bits per heavy atom. The van der Waals surface area contributed by atoms with E-state index in [2.05, 4.69) is 25.9 Å². The van der Waals surface area contributed by atoms with E-state index in [0.717, 1.165) is 9.86 Å². The lowest BCUT2D eigenvalue weighted by Gasteiger charge is -2.00. The highest BCUT2D eigenvalue weighted by atomic mass is 79.9. The summed E-state index contributed by atoms with van der Waals surface area (Å²) < 4.78 is 0.788. The fourth-order valence-corrected chi connectivity index (χ4v) is 1.63. The van der Waals surface area contributed by atoms with Crippen LogP contribution in [0.15, 0.2) is 27.6 Å². The normalized spacial score (nSPS) is 10.6. The Bertz CT molecular complexity index is 523. The summed E-state index contributed by atoms with van der Waals surface area (Å²) in [6, 6.07) is 3.55. The molecule has 3 nitrogen and oxygen atoms in total. The third kappa shape index (κ3) is 1.47. The van der Waals surface area contributed by atoms with Crippen molar-refractivity contribution in [3.05, 3.63) is 38.3 Å². The van der Waals surface area contributed by atoms with E-state index >= 15 is 0 Å². The zero-order valence-corrected chi connectivity index (χ0v) is 8.69. The van der Waals surface area contributed by atoms with Gasteiger partial charge in [-0.2, -0.15) is 0 Å². The zero-order valence-electron chi connectivity index (χ0n) is 6.34. The summed E-state index contributed by atoms with van der Waals surface area (Å²) in [5, 5.41) is 1.29. The van der Waals surface area contributed by atoms with Gasteiger partial charge in [-0.1, -0.05) is 11.6 Å². The van der Waals surface area contributed by atoms with Crippen molar-refractivity contribution in [3.63, 3.8) is 0 Å². The molecule has 1 aromatic heterocycles. The molecule has 0 aliphatic rings. The first-order valence-corrected chi connectivity index (χ1v) is 4.68. The molecule has 1 heterocycles. The number of aromatic amines is 1. The van der Waals surface area contributed by atoms with Crippen LogP contribution >= 0.6 is 27.5 Å². The molecule has 66 valence electrons. The fourth-order valence-electron chi connectivity index (χ4n) is 1.07. The maximum Gasteiger partial charge on any atom is 0.345 e. The minimum Gasteiger partial charge on any atom is -0.305 e. The molecule has 0 saturated carbocycles. The number of benzene rings is 1. The second-order valence-corrected chi connectivity index (χ2v) is 3.74. The summed E-state index contributed by atoms with van der Waals surface area (Å²) in [5.41, 5.74) is 0.319. The molecule has 0 atom stereocenters. The van der Waals surface area contributed by atoms with Crippen molar-refractivity contribution >= 4 is 38.4 Å². The quantitative estimate of drug-likeness (QED) is 0.789. The predicted octanol–water partition coefficient (Wildman–Crippen LogP) is 2.34. The van der Waals surface area contributed by atoms with Crippen molar-refractivity contribution in [3.8, 4) is 0 Å². The van der Waals surface area contributed by atoms with E-state index in [1.807, 2.05) is 0 Å². The molecule has 0 saturated heterocycles. The van der Waals surface area contributed by atoms with Crippen molar-refractivity contribution in [2.24, 2.45) is 0 Å². The average molecular weight is 259 g/mol. The lowest BCUT2D eigenvalue weighted by molar-refractivity contribution is 1.12. The summed E-state index contributed by atoms with van der Waals surface area (Å²) in [6.07, 6.45) is 1.46. The first-order valence-electron chi connectivity index (χ1n) is 3.51. The van der Waals surface area contributed by atoms with Crippen molar-refractivity contribution < 1.29 is 0 Å². The number of aromatic nitrogens is 2. The Kier molecular flexibility index (Phi) is 2.09. The van der Waals surface area contributed by atoms with Crippen molar-refractivity contribution in [2.45, 2.75) is 0 Å². The number of H-pyrrole nitrogens is 1. The van der Waals surface area contributed by atoms with Crippen LogP contribution in [0.1, 0.15) is 0 Å². The van der Waals surface area contributed by atoms with Gasteiger partial charge in [0.2, 0.25) is 0 Å². The molecule has 0 fully saturated rings. The van der Waals surface area contributed by atoms with Crippen LogP contribution in [0.5, 0.6) is 0 Å². The Labute approximate surface area is 86.9 Å². The zero-order chi connectivity index (χ0) is 9.42.